The molecular weight excluding hydrogens is 736 g/mol. The molecule has 1 N–H and O–H groups in total. The highest BCUT2D eigenvalue weighted by atomic mass is 19.1. The highest BCUT2D eigenvalue weighted by molar-refractivity contribution is 5.91. The van der Waals surface area contributed by atoms with Gasteiger partial charge in [0.25, 0.3) is 0 Å². The number of methoxy groups -OCH3 is 1. The Balaban J connectivity index is 1.06. The van der Waals surface area contributed by atoms with Crippen molar-refractivity contribution in [3.8, 4) is 17.1 Å². The number of aromatic amines is 1. The predicted molar refractivity (Wildman–Crippen MR) is 191 cm³/mol. The van der Waals surface area contributed by atoms with Crippen LogP contribution in [0.15, 0.2) is 42.9 Å². The standard InChI is InChI=1S/C39H41F2N5O10/c1-18-19(2)39(56-34(38(49)52-4)33(18)54-20(3)47)55-31-10-5-21(11-30(31)46(50)51)17-53-37(48)32-23-8-6-22(7-9-23)25(32)13-29-28(41)16-44-36(45-29)27-15-43-35-26(27)12-24(40)14-42-35/h5,10-12,14-16,18-19,22-23,25,32-34,39H,6-9,13,17H2,1-4H3,(H,42,43)/t18-,19-,22?,23?,25+,32+,33+,34+,39-/m1/s1. The van der Waals surface area contributed by atoms with Crippen LogP contribution >= 0.6 is 0 Å². The molecule has 0 radical (unpaired) electrons. The average molecular weight is 778 g/mol. The SMILES string of the molecule is COC(=O)[C@H]1O[C@@H](Oc2ccc(COC(=O)[C@H]3C4CCC(CC4)[C@@H]3Cc3nc(-c4c[nH]c5ncc(F)cc45)ncc3F)cc2[N+](=O)[O-])[C@H](C)[C@@H](C)[C@@H]1OC(C)=O. The van der Waals surface area contributed by atoms with Crippen molar-refractivity contribution in [1.29, 1.82) is 0 Å². The zero-order valence-corrected chi connectivity index (χ0v) is 31.1. The fraction of sp³-hybridized carbons (Fsp3) is 0.487. The summed E-state index contributed by atoms with van der Waals surface area (Å²) in [7, 11) is 1.16. The summed E-state index contributed by atoms with van der Waals surface area (Å²) in [5.74, 6) is -4.58. The fourth-order valence-electron chi connectivity index (χ4n) is 8.54. The van der Waals surface area contributed by atoms with E-state index in [4.69, 9.17) is 23.7 Å². The van der Waals surface area contributed by atoms with E-state index in [1.807, 2.05) is 0 Å². The van der Waals surface area contributed by atoms with Gasteiger partial charge in [-0.25, -0.2) is 28.5 Å². The van der Waals surface area contributed by atoms with Gasteiger partial charge in [-0.1, -0.05) is 19.9 Å². The van der Waals surface area contributed by atoms with E-state index in [9.17, 15) is 28.9 Å². The van der Waals surface area contributed by atoms with Crippen LogP contribution in [0.3, 0.4) is 0 Å². The van der Waals surface area contributed by atoms with Crippen molar-refractivity contribution >= 4 is 34.6 Å². The summed E-state index contributed by atoms with van der Waals surface area (Å²) in [5.41, 5.74) is 0.952. The lowest BCUT2D eigenvalue weighted by atomic mass is 9.57. The van der Waals surface area contributed by atoms with Gasteiger partial charge >= 0.3 is 23.6 Å². The van der Waals surface area contributed by atoms with Crippen LogP contribution in [-0.4, -0.2) is 68.4 Å². The van der Waals surface area contributed by atoms with Crippen molar-refractivity contribution in [2.45, 2.75) is 78.0 Å². The van der Waals surface area contributed by atoms with Crippen molar-refractivity contribution in [3.63, 3.8) is 0 Å². The second-order valence-electron chi connectivity index (χ2n) is 14.8. The molecule has 8 rings (SSSR count). The number of nitro benzene ring substituents is 1. The lowest BCUT2D eigenvalue weighted by Gasteiger charge is -2.47. The van der Waals surface area contributed by atoms with Gasteiger partial charge < -0.3 is 28.7 Å². The number of hydrogen-bond donors (Lipinski definition) is 1. The van der Waals surface area contributed by atoms with Crippen LogP contribution in [-0.2, 0) is 46.4 Å². The molecule has 3 aromatic heterocycles. The molecule has 7 atom stereocenters. The van der Waals surface area contributed by atoms with Crippen molar-refractivity contribution in [1.82, 2.24) is 19.9 Å². The molecule has 3 aliphatic carbocycles. The lowest BCUT2D eigenvalue weighted by molar-refractivity contribution is -0.386. The van der Waals surface area contributed by atoms with Crippen LogP contribution in [0.4, 0.5) is 14.5 Å². The van der Waals surface area contributed by atoms with E-state index >= 15 is 4.39 Å². The van der Waals surface area contributed by atoms with Gasteiger partial charge in [0, 0.05) is 42.0 Å². The maximum atomic E-state index is 15.3. The van der Waals surface area contributed by atoms with E-state index in [2.05, 4.69) is 19.9 Å². The Morgan fingerprint density at radius 1 is 1.02 bits per heavy atom. The number of carbonyl (C=O) groups is 3. The minimum absolute atomic E-state index is 0.0174. The van der Waals surface area contributed by atoms with Gasteiger partial charge in [0.05, 0.1) is 36.0 Å². The Morgan fingerprint density at radius 2 is 1.77 bits per heavy atom. The molecule has 3 saturated carbocycles. The third-order valence-corrected chi connectivity index (χ3v) is 11.6. The molecule has 15 nitrogen and oxygen atoms in total. The summed E-state index contributed by atoms with van der Waals surface area (Å²) in [6.07, 6.45) is 3.90. The van der Waals surface area contributed by atoms with E-state index in [0.29, 0.717) is 22.2 Å². The monoisotopic (exact) mass is 777 g/mol. The highest BCUT2D eigenvalue weighted by Crippen LogP contribution is 2.50. The summed E-state index contributed by atoms with van der Waals surface area (Å²) in [6, 6.07) is 5.44. The van der Waals surface area contributed by atoms with Gasteiger partial charge in [-0.15, -0.1) is 0 Å². The van der Waals surface area contributed by atoms with Crippen LogP contribution in [0, 0.1) is 57.3 Å². The molecule has 1 aliphatic heterocycles. The summed E-state index contributed by atoms with van der Waals surface area (Å²) >= 11 is 0. The molecule has 56 heavy (non-hydrogen) atoms. The molecule has 1 saturated heterocycles. The van der Waals surface area contributed by atoms with Gasteiger partial charge in [-0.3, -0.25) is 19.7 Å². The normalized spacial score (nSPS) is 27.1. The predicted octanol–water partition coefficient (Wildman–Crippen LogP) is 6.03. The van der Waals surface area contributed by atoms with Crippen LogP contribution in [0.2, 0.25) is 0 Å². The first-order chi connectivity index (χ1) is 26.8. The van der Waals surface area contributed by atoms with E-state index in [0.717, 1.165) is 45.2 Å². The second kappa shape index (κ2) is 15.9. The van der Waals surface area contributed by atoms with Crippen LogP contribution in [0.5, 0.6) is 5.75 Å². The number of nitro groups is 1. The van der Waals surface area contributed by atoms with E-state index in [-0.39, 0.29) is 48.0 Å². The van der Waals surface area contributed by atoms with E-state index in [1.54, 1.807) is 20.0 Å². The minimum atomic E-state index is -1.33. The van der Waals surface area contributed by atoms with Gasteiger partial charge in [0.2, 0.25) is 6.29 Å². The van der Waals surface area contributed by atoms with E-state index < -0.39 is 76.4 Å². The molecule has 4 aromatic rings. The van der Waals surface area contributed by atoms with Crippen LogP contribution in [0.25, 0.3) is 22.4 Å². The molecule has 0 unspecified atom stereocenters. The van der Waals surface area contributed by atoms with Crippen molar-refractivity contribution in [3.05, 3.63) is 75.9 Å². The summed E-state index contributed by atoms with van der Waals surface area (Å²) in [5, 5.41) is 12.7. The maximum Gasteiger partial charge on any atom is 0.339 e. The number of aromatic nitrogens is 4. The third kappa shape index (κ3) is 7.63. The Bertz CT molecular complexity index is 2160. The second-order valence-corrected chi connectivity index (χ2v) is 14.8. The molecule has 0 spiro atoms. The number of esters is 3. The number of carbonyl (C=O) groups excluding carboxylic acids is 3. The fourth-order valence-corrected chi connectivity index (χ4v) is 8.54. The number of fused-ring (bicyclic) bond motifs is 4. The van der Waals surface area contributed by atoms with Gasteiger partial charge in [0.1, 0.15) is 24.2 Å². The minimum Gasteiger partial charge on any atom is -0.467 e. The number of hydrogen-bond acceptors (Lipinski definition) is 13. The largest absolute Gasteiger partial charge is 0.467 e. The molecule has 4 aliphatic rings. The number of nitrogens with one attached hydrogen (secondary N) is 1. The van der Waals surface area contributed by atoms with Gasteiger partial charge in [0.15, 0.2) is 23.5 Å². The summed E-state index contributed by atoms with van der Waals surface area (Å²) in [6.45, 7) is 4.43. The number of halogens is 2. The smallest absolute Gasteiger partial charge is 0.339 e. The molecular formula is C39H41F2N5O10. The molecule has 2 bridgehead atoms. The van der Waals surface area contributed by atoms with Gasteiger partial charge in [-0.05, 0) is 67.6 Å². The Kier molecular flexibility index (Phi) is 11.0. The first-order valence-electron chi connectivity index (χ1n) is 18.5. The average Bonchev–Trinajstić information content (AvgIpc) is 3.60. The van der Waals surface area contributed by atoms with Crippen LogP contribution < -0.4 is 4.74 Å². The number of nitrogens with zero attached hydrogens (tertiary/aromatic N) is 4. The van der Waals surface area contributed by atoms with Crippen molar-refractivity contribution < 1.29 is 51.8 Å². The number of H-pyrrole nitrogens is 1. The zero-order chi connectivity index (χ0) is 39.8. The number of benzene rings is 1. The molecule has 4 heterocycles. The highest BCUT2D eigenvalue weighted by Gasteiger charge is 2.50. The Labute approximate surface area is 319 Å². The number of pyridine rings is 1. The quantitative estimate of drug-likeness (QED) is 0.0804. The molecule has 17 heteroatoms. The Hall–Kier alpha value is -5.58. The zero-order valence-electron chi connectivity index (χ0n) is 31.1. The summed E-state index contributed by atoms with van der Waals surface area (Å²) < 4.78 is 57.2. The van der Waals surface area contributed by atoms with Crippen molar-refractivity contribution in [2.75, 3.05) is 7.11 Å². The van der Waals surface area contributed by atoms with Crippen molar-refractivity contribution in [2.24, 2.45) is 35.5 Å². The molecule has 1 aromatic carbocycles. The molecule has 0 amide bonds. The van der Waals surface area contributed by atoms with Gasteiger partial charge in [-0.2, -0.15) is 0 Å². The number of ether oxygens (including phenoxy) is 5. The first kappa shape index (κ1) is 38.7. The Morgan fingerprint density at radius 3 is 2.48 bits per heavy atom. The third-order valence-electron chi connectivity index (χ3n) is 11.6. The topological polar surface area (TPSA) is 195 Å². The summed E-state index contributed by atoms with van der Waals surface area (Å²) in [4.78, 5) is 65.5. The van der Waals surface area contributed by atoms with E-state index in [1.165, 1.54) is 31.2 Å². The molecule has 4 fully saturated rings. The lowest BCUT2D eigenvalue weighted by Crippen LogP contribution is -2.55. The van der Waals surface area contributed by atoms with Crippen LogP contribution in [0.1, 0.15) is 57.7 Å². The maximum absolute atomic E-state index is 15.3. The molecule has 296 valence electrons. The first-order valence-corrected chi connectivity index (χ1v) is 18.5. The number of rotatable bonds is 11.